The normalized spacial score (nSPS) is 15.8. The van der Waals surface area contributed by atoms with Crippen molar-refractivity contribution in [2.24, 2.45) is 0 Å². The summed E-state index contributed by atoms with van der Waals surface area (Å²) in [5.41, 5.74) is 4.47. The number of ether oxygens (including phenoxy) is 1. The molecule has 1 aliphatic heterocycles. The molecule has 0 fully saturated rings. The Kier molecular flexibility index (Phi) is 5.07. The fourth-order valence-corrected chi connectivity index (χ4v) is 3.74. The van der Waals surface area contributed by atoms with Gasteiger partial charge in [0, 0.05) is 12.8 Å². The van der Waals surface area contributed by atoms with Gasteiger partial charge in [-0.2, -0.15) is 0 Å². The average molecular weight is 392 g/mol. The molecule has 3 aromatic rings. The monoisotopic (exact) mass is 392 g/mol. The SMILES string of the molecule is COCCN1C(=O)[C@H](CC(=O)Nc2cc(C)ccc2C)n2c1nc1ccccc12. The maximum atomic E-state index is 13.1. The van der Waals surface area contributed by atoms with Crippen LogP contribution in [0.25, 0.3) is 11.0 Å². The lowest BCUT2D eigenvalue weighted by Crippen LogP contribution is -2.33. The Labute approximate surface area is 169 Å². The molecule has 7 nitrogen and oxygen atoms in total. The molecule has 150 valence electrons. The van der Waals surface area contributed by atoms with E-state index in [9.17, 15) is 9.59 Å². The lowest BCUT2D eigenvalue weighted by atomic mass is 10.1. The Morgan fingerprint density at radius 1 is 1.21 bits per heavy atom. The van der Waals surface area contributed by atoms with Crippen molar-refractivity contribution in [3.8, 4) is 0 Å². The topological polar surface area (TPSA) is 76.5 Å². The third-order valence-corrected chi connectivity index (χ3v) is 5.25. The predicted octanol–water partition coefficient (Wildman–Crippen LogP) is 3.22. The van der Waals surface area contributed by atoms with Gasteiger partial charge in [-0.15, -0.1) is 0 Å². The van der Waals surface area contributed by atoms with E-state index in [-0.39, 0.29) is 18.2 Å². The number of nitrogens with zero attached hydrogens (tertiary/aromatic N) is 3. The number of benzene rings is 2. The van der Waals surface area contributed by atoms with Gasteiger partial charge in [-0.05, 0) is 43.2 Å². The third-order valence-electron chi connectivity index (χ3n) is 5.25. The molecule has 1 N–H and O–H groups in total. The number of nitrogens with one attached hydrogen (secondary N) is 1. The van der Waals surface area contributed by atoms with E-state index in [0.717, 1.165) is 27.8 Å². The van der Waals surface area contributed by atoms with E-state index in [2.05, 4.69) is 10.3 Å². The van der Waals surface area contributed by atoms with Crippen LogP contribution in [0.1, 0.15) is 23.6 Å². The van der Waals surface area contributed by atoms with Crippen molar-refractivity contribution >= 4 is 34.5 Å². The molecule has 0 spiro atoms. The minimum absolute atomic E-state index is 0.0447. The highest BCUT2D eigenvalue weighted by Gasteiger charge is 2.40. The van der Waals surface area contributed by atoms with Gasteiger partial charge < -0.3 is 10.1 Å². The fraction of sp³-hybridized carbons (Fsp3) is 0.318. The van der Waals surface area contributed by atoms with Gasteiger partial charge in [-0.25, -0.2) is 4.98 Å². The van der Waals surface area contributed by atoms with Crippen molar-refractivity contribution in [1.29, 1.82) is 0 Å². The molecule has 2 aromatic carbocycles. The molecule has 1 atom stereocenters. The molecule has 0 saturated heterocycles. The van der Waals surface area contributed by atoms with E-state index >= 15 is 0 Å². The number of imidazole rings is 1. The highest BCUT2D eigenvalue weighted by Crippen LogP contribution is 2.36. The Morgan fingerprint density at radius 3 is 2.79 bits per heavy atom. The lowest BCUT2D eigenvalue weighted by Gasteiger charge is -2.16. The molecule has 2 amide bonds. The van der Waals surface area contributed by atoms with E-state index in [1.54, 1.807) is 12.0 Å². The summed E-state index contributed by atoms with van der Waals surface area (Å²) in [4.78, 5) is 32.2. The second kappa shape index (κ2) is 7.67. The molecule has 0 unspecified atom stereocenters. The van der Waals surface area contributed by atoms with Crippen LogP contribution < -0.4 is 10.2 Å². The zero-order valence-corrected chi connectivity index (χ0v) is 16.8. The number of aromatic nitrogens is 2. The first-order valence-electron chi connectivity index (χ1n) is 9.64. The maximum absolute atomic E-state index is 13.1. The largest absolute Gasteiger partial charge is 0.383 e. The number of anilines is 2. The summed E-state index contributed by atoms with van der Waals surface area (Å²) < 4.78 is 7.02. The smallest absolute Gasteiger partial charge is 0.253 e. The number of methoxy groups -OCH3 is 1. The molecule has 0 saturated carbocycles. The van der Waals surface area contributed by atoms with Gasteiger partial charge in [-0.1, -0.05) is 24.3 Å². The standard InChI is InChI=1S/C22H24N4O3/c1-14-8-9-15(2)17(12-14)23-20(27)13-19-21(28)25(10-11-29-3)22-24-16-6-4-5-7-18(16)26(19)22/h4-9,12,19H,10-11,13H2,1-3H3,(H,23,27)/t19-/m0/s1. The van der Waals surface area contributed by atoms with Crippen LogP contribution >= 0.6 is 0 Å². The number of hydrogen-bond acceptors (Lipinski definition) is 4. The number of amides is 2. The summed E-state index contributed by atoms with van der Waals surface area (Å²) in [6, 6.07) is 12.9. The first-order valence-corrected chi connectivity index (χ1v) is 9.64. The van der Waals surface area contributed by atoms with Crippen LogP contribution in [0.15, 0.2) is 42.5 Å². The van der Waals surface area contributed by atoms with E-state index < -0.39 is 6.04 Å². The van der Waals surface area contributed by atoms with Gasteiger partial charge in [0.05, 0.1) is 30.6 Å². The molecule has 0 radical (unpaired) electrons. The molecule has 4 rings (SSSR count). The molecule has 0 bridgehead atoms. The first kappa shape index (κ1) is 19.1. The molecular weight excluding hydrogens is 368 g/mol. The van der Waals surface area contributed by atoms with Gasteiger partial charge in [0.15, 0.2) is 0 Å². The zero-order valence-electron chi connectivity index (χ0n) is 16.8. The van der Waals surface area contributed by atoms with E-state index in [1.807, 2.05) is 60.9 Å². The number of rotatable bonds is 6. The zero-order chi connectivity index (χ0) is 20.5. The molecule has 0 aliphatic carbocycles. The van der Waals surface area contributed by atoms with Crippen molar-refractivity contribution in [3.63, 3.8) is 0 Å². The summed E-state index contributed by atoms with van der Waals surface area (Å²) in [5.74, 6) is 0.235. The van der Waals surface area contributed by atoms with Crippen LogP contribution in [0.4, 0.5) is 11.6 Å². The van der Waals surface area contributed by atoms with Gasteiger partial charge >= 0.3 is 0 Å². The number of carbonyl (C=O) groups is 2. The number of para-hydroxylation sites is 2. The molecule has 29 heavy (non-hydrogen) atoms. The second-order valence-electron chi connectivity index (χ2n) is 7.34. The first-order chi connectivity index (χ1) is 14.0. The van der Waals surface area contributed by atoms with Crippen LogP contribution in [0.5, 0.6) is 0 Å². The summed E-state index contributed by atoms with van der Waals surface area (Å²) >= 11 is 0. The van der Waals surface area contributed by atoms with E-state index in [0.29, 0.717) is 19.1 Å². The second-order valence-corrected chi connectivity index (χ2v) is 7.34. The summed E-state index contributed by atoms with van der Waals surface area (Å²) in [7, 11) is 1.60. The number of carbonyl (C=O) groups excluding carboxylic acids is 2. The number of fused-ring (bicyclic) bond motifs is 3. The highest BCUT2D eigenvalue weighted by atomic mass is 16.5. The predicted molar refractivity (Wildman–Crippen MR) is 112 cm³/mol. The van der Waals surface area contributed by atoms with Crippen LogP contribution in [0.2, 0.25) is 0 Å². The molecule has 2 heterocycles. The average Bonchev–Trinajstić information content (AvgIpc) is 3.18. The number of hydrogen-bond donors (Lipinski definition) is 1. The van der Waals surface area contributed by atoms with E-state index in [1.165, 1.54) is 0 Å². The lowest BCUT2D eigenvalue weighted by molar-refractivity contribution is -0.124. The molecular formula is C22H24N4O3. The van der Waals surface area contributed by atoms with Crippen molar-refractivity contribution in [2.75, 3.05) is 30.5 Å². The Hall–Kier alpha value is -3.19. The molecule has 1 aliphatic rings. The minimum Gasteiger partial charge on any atom is -0.383 e. The van der Waals surface area contributed by atoms with Gasteiger partial charge in [-0.3, -0.25) is 19.1 Å². The van der Waals surface area contributed by atoms with Crippen molar-refractivity contribution in [3.05, 3.63) is 53.6 Å². The van der Waals surface area contributed by atoms with Crippen molar-refractivity contribution < 1.29 is 14.3 Å². The molecule has 7 heteroatoms. The highest BCUT2D eigenvalue weighted by molar-refractivity contribution is 6.05. The van der Waals surface area contributed by atoms with Crippen LogP contribution in [-0.2, 0) is 14.3 Å². The van der Waals surface area contributed by atoms with E-state index in [4.69, 9.17) is 4.74 Å². The Bertz CT molecular complexity index is 1090. The van der Waals surface area contributed by atoms with Crippen molar-refractivity contribution in [1.82, 2.24) is 9.55 Å². The Balaban J connectivity index is 1.64. The van der Waals surface area contributed by atoms with Crippen molar-refractivity contribution in [2.45, 2.75) is 26.3 Å². The van der Waals surface area contributed by atoms with Gasteiger partial charge in [0.2, 0.25) is 11.9 Å². The van der Waals surface area contributed by atoms with Gasteiger partial charge in [0.25, 0.3) is 5.91 Å². The fourth-order valence-electron chi connectivity index (χ4n) is 3.74. The maximum Gasteiger partial charge on any atom is 0.253 e. The summed E-state index contributed by atoms with van der Waals surface area (Å²) in [6.07, 6.45) is 0.0447. The van der Waals surface area contributed by atoms with Crippen LogP contribution in [0, 0.1) is 13.8 Å². The Morgan fingerprint density at radius 2 is 2.00 bits per heavy atom. The van der Waals surface area contributed by atoms with Crippen LogP contribution in [-0.4, -0.2) is 41.6 Å². The summed E-state index contributed by atoms with van der Waals surface area (Å²) in [6.45, 7) is 4.72. The third kappa shape index (κ3) is 3.49. The molecule has 1 aromatic heterocycles. The minimum atomic E-state index is -0.626. The van der Waals surface area contributed by atoms with Gasteiger partial charge in [0.1, 0.15) is 6.04 Å². The van der Waals surface area contributed by atoms with Crippen LogP contribution in [0.3, 0.4) is 0 Å². The quantitative estimate of drug-likeness (QED) is 0.699. The summed E-state index contributed by atoms with van der Waals surface area (Å²) in [5, 5.41) is 2.96. The number of aryl methyl sites for hydroxylation is 2.